The minimum atomic E-state index is -3.98. The highest BCUT2D eigenvalue weighted by atomic mass is 35.5. The van der Waals surface area contributed by atoms with Crippen LogP contribution in [0.3, 0.4) is 0 Å². The van der Waals surface area contributed by atoms with Gasteiger partial charge in [-0.3, -0.25) is 4.18 Å². The number of rotatable bonds is 6. The summed E-state index contributed by atoms with van der Waals surface area (Å²) in [6.07, 6.45) is 0.225. The lowest BCUT2D eigenvalue weighted by atomic mass is 10.1. The molecule has 0 bridgehead atoms. The highest BCUT2D eigenvalue weighted by Gasteiger charge is 2.17. The second-order valence-corrected chi connectivity index (χ2v) is 6.02. The van der Waals surface area contributed by atoms with E-state index in [4.69, 9.17) is 21.5 Å². The van der Waals surface area contributed by atoms with Gasteiger partial charge < -0.3 is 9.84 Å². The van der Waals surface area contributed by atoms with Gasteiger partial charge in [0, 0.05) is 25.3 Å². The monoisotopic (exact) mass is 309 g/mol. The van der Waals surface area contributed by atoms with E-state index in [1.54, 1.807) is 18.2 Å². The van der Waals surface area contributed by atoms with Crippen molar-refractivity contribution in [1.82, 2.24) is 0 Å². The summed E-state index contributed by atoms with van der Waals surface area (Å²) in [7, 11) is -3.98. The molecule has 19 heavy (non-hydrogen) atoms. The van der Waals surface area contributed by atoms with Crippen LogP contribution in [0.25, 0.3) is 0 Å². The zero-order valence-corrected chi connectivity index (χ0v) is 12.2. The Kier molecular flexibility index (Phi) is 5.17. The molecule has 0 aliphatic carbocycles. The SMILES string of the molecule is CC(C)(O)Oc1ccc(Cl)cc1CCOS(N)(=O)=O. The minimum absolute atomic E-state index is 0.138. The second kappa shape index (κ2) is 6.06. The molecule has 0 spiro atoms. The van der Waals surface area contributed by atoms with Gasteiger partial charge in [0.2, 0.25) is 5.79 Å². The molecule has 3 N–H and O–H groups in total. The molecular weight excluding hydrogens is 294 g/mol. The van der Waals surface area contributed by atoms with Gasteiger partial charge in [-0.1, -0.05) is 11.6 Å². The Balaban J connectivity index is 2.83. The molecule has 0 heterocycles. The van der Waals surface area contributed by atoms with E-state index in [0.717, 1.165) is 0 Å². The Hall–Kier alpha value is -0.860. The molecule has 0 aliphatic rings. The van der Waals surface area contributed by atoms with Crippen molar-refractivity contribution < 1.29 is 22.4 Å². The summed E-state index contributed by atoms with van der Waals surface area (Å²) in [5.41, 5.74) is 0.610. The van der Waals surface area contributed by atoms with Gasteiger partial charge in [0.05, 0.1) is 6.61 Å². The summed E-state index contributed by atoms with van der Waals surface area (Å²) in [5.74, 6) is -0.960. The number of benzene rings is 1. The van der Waals surface area contributed by atoms with Crippen molar-refractivity contribution in [2.45, 2.75) is 26.1 Å². The number of nitrogens with two attached hydrogens (primary N) is 1. The second-order valence-electron chi connectivity index (χ2n) is 4.37. The molecule has 0 atom stereocenters. The van der Waals surface area contributed by atoms with E-state index in [2.05, 4.69) is 4.18 Å². The van der Waals surface area contributed by atoms with Crippen LogP contribution in [0.15, 0.2) is 18.2 Å². The summed E-state index contributed by atoms with van der Waals surface area (Å²) in [5, 5.41) is 14.8. The van der Waals surface area contributed by atoms with Crippen LogP contribution in [0.5, 0.6) is 5.75 Å². The Bertz CT molecular complexity index is 539. The van der Waals surface area contributed by atoms with Gasteiger partial charge in [-0.25, -0.2) is 5.14 Å². The lowest BCUT2D eigenvalue weighted by Crippen LogP contribution is -2.27. The molecule has 1 aromatic carbocycles. The molecule has 0 saturated carbocycles. The van der Waals surface area contributed by atoms with E-state index in [1.807, 2.05) is 0 Å². The quantitative estimate of drug-likeness (QED) is 0.770. The maximum atomic E-state index is 10.7. The summed E-state index contributed by atoms with van der Waals surface area (Å²) in [6.45, 7) is 2.82. The van der Waals surface area contributed by atoms with Crippen molar-refractivity contribution in [3.8, 4) is 5.75 Å². The van der Waals surface area contributed by atoms with Crippen molar-refractivity contribution in [3.05, 3.63) is 28.8 Å². The van der Waals surface area contributed by atoms with E-state index in [0.29, 0.717) is 16.3 Å². The smallest absolute Gasteiger partial charge is 0.333 e. The van der Waals surface area contributed by atoms with Crippen LogP contribution < -0.4 is 9.88 Å². The Labute approximate surface area is 117 Å². The first-order chi connectivity index (χ1) is 8.57. The summed E-state index contributed by atoms with van der Waals surface area (Å²) < 4.78 is 31.1. The van der Waals surface area contributed by atoms with E-state index in [9.17, 15) is 13.5 Å². The third-order valence-corrected chi connectivity index (χ3v) is 2.73. The standard InChI is InChI=1S/C11H16ClNO5S/c1-11(2,14)18-10-4-3-9(12)7-8(10)5-6-17-19(13,15)16/h3-4,7,14H,5-6H2,1-2H3,(H2,13,15,16). The number of halogens is 1. The molecule has 0 aromatic heterocycles. The Morgan fingerprint density at radius 3 is 2.58 bits per heavy atom. The van der Waals surface area contributed by atoms with E-state index < -0.39 is 16.1 Å². The number of hydrogen-bond acceptors (Lipinski definition) is 5. The largest absolute Gasteiger partial charge is 0.463 e. The molecule has 1 aromatic rings. The highest BCUT2D eigenvalue weighted by molar-refractivity contribution is 7.84. The Morgan fingerprint density at radius 1 is 1.42 bits per heavy atom. The van der Waals surface area contributed by atoms with Crippen LogP contribution >= 0.6 is 11.6 Å². The molecule has 0 unspecified atom stereocenters. The van der Waals surface area contributed by atoms with E-state index in [1.165, 1.54) is 13.8 Å². The predicted octanol–water partition coefficient (Wildman–Crippen LogP) is 1.21. The third kappa shape index (κ3) is 6.74. The first-order valence-electron chi connectivity index (χ1n) is 5.44. The van der Waals surface area contributed by atoms with Crippen LogP contribution in [-0.4, -0.2) is 25.9 Å². The first kappa shape index (κ1) is 16.2. The van der Waals surface area contributed by atoms with E-state index >= 15 is 0 Å². The van der Waals surface area contributed by atoms with Crippen LogP contribution in [-0.2, 0) is 20.9 Å². The van der Waals surface area contributed by atoms with Crippen LogP contribution in [0, 0.1) is 0 Å². The van der Waals surface area contributed by atoms with Crippen molar-refractivity contribution in [2.75, 3.05) is 6.61 Å². The Morgan fingerprint density at radius 2 is 2.05 bits per heavy atom. The van der Waals surface area contributed by atoms with Gasteiger partial charge in [0.15, 0.2) is 0 Å². The lowest BCUT2D eigenvalue weighted by Gasteiger charge is -2.22. The molecule has 108 valence electrons. The average Bonchev–Trinajstić information content (AvgIpc) is 2.18. The maximum absolute atomic E-state index is 10.7. The van der Waals surface area contributed by atoms with E-state index in [-0.39, 0.29) is 13.0 Å². The van der Waals surface area contributed by atoms with Gasteiger partial charge in [-0.05, 0) is 23.8 Å². The van der Waals surface area contributed by atoms with Crippen LogP contribution in [0.1, 0.15) is 19.4 Å². The summed E-state index contributed by atoms with van der Waals surface area (Å²) in [6, 6.07) is 4.80. The lowest BCUT2D eigenvalue weighted by molar-refractivity contribution is -0.105. The fraction of sp³-hybridized carbons (Fsp3) is 0.455. The molecule has 0 saturated heterocycles. The molecule has 8 heteroatoms. The molecule has 0 fully saturated rings. The van der Waals surface area contributed by atoms with Crippen molar-refractivity contribution >= 4 is 21.9 Å². The number of ether oxygens (including phenoxy) is 1. The molecule has 0 radical (unpaired) electrons. The van der Waals surface area contributed by atoms with Crippen LogP contribution in [0.4, 0.5) is 0 Å². The maximum Gasteiger partial charge on any atom is 0.333 e. The van der Waals surface area contributed by atoms with Crippen LogP contribution in [0.2, 0.25) is 5.02 Å². The zero-order valence-electron chi connectivity index (χ0n) is 10.6. The van der Waals surface area contributed by atoms with Crippen molar-refractivity contribution in [3.63, 3.8) is 0 Å². The van der Waals surface area contributed by atoms with Gasteiger partial charge in [0.25, 0.3) is 0 Å². The minimum Gasteiger partial charge on any atom is -0.463 e. The molecule has 0 aliphatic heterocycles. The summed E-state index contributed by atoms with van der Waals surface area (Å²) >= 11 is 5.86. The third-order valence-electron chi connectivity index (χ3n) is 2.00. The first-order valence-corrected chi connectivity index (χ1v) is 7.29. The zero-order chi connectivity index (χ0) is 14.7. The van der Waals surface area contributed by atoms with Gasteiger partial charge in [-0.15, -0.1) is 0 Å². The fourth-order valence-electron chi connectivity index (χ4n) is 1.38. The van der Waals surface area contributed by atoms with Gasteiger partial charge in [-0.2, -0.15) is 8.42 Å². The van der Waals surface area contributed by atoms with Crippen molar-refractivity contribution in [1.29, 1.82) is 0 Å². The number of hydrogen-bond donors (Lipinski definition) is 2. The number of aliphatic hydroxyl groups is 1. The highest BCUT2D eigenvalue weighted by Crippen LogP contribution is 2.26. The van der Waals surface area contributed by atoms with Gasteiger partial charge >= 0.3 is 10.3 Å². The normalized spacial score (nSPS) is 12.5. The summed E-state index contributed by atoms with van der Waals surface area (Å²) in [4.78, 5) is 0. The predicted molar refractivity (Wildman–Crippen MR) is 71.1 cm³/mol. The average molecular weight is 310 g/mol. The molecule has 6 nitrogen and oxygen atoms in total. The van der Waals surface area contributed by atoms with Crippen molar-refractivity contribution in [2.24, 2.45) is 5.14 Å². The van der Waals surface area contributed by atoms with Gasteiger partial charge in [0.1, 0.15) is 5.75 Å². The molecule has 0 amide bonds. The topological polar surface area (TPSA) is 98.8 Å². The fourth-order valence-corrected chi connectivity index (χ4v) is 1.89. The molecular formula is C11H16ClNO5S. The molecule has 1 rings (SSSR count).